The van der Waals surface area contributed by atoms with E-state index in [9.17, 15) is 26.0 Å². The molecule has 0 aliphatic heterocycles. The molecule has 0 amide bonds. The van der Waals surface area contributed by atoms with Gasteiger partial charge in [0.1, 0.15) is 0 Å². The van der Waals surface area contributed by atoms with Gasteiger partial charge in [-0.2, -0.15) is 17.6 Å². The summed E-state index contributed by atoms with van der Waals surface area (Å²) in [5.74, 6) is -4.51. The Bertz CT molecular complexity index is 297. The number of hydrogen-bond acceptors (Lipinski definition) is 3. The second-order valence-electron chi connectivity index (χ2n) is 4.10. The van der Waals surface area contributed by atoms with Gasteiger partial charge < -0.3 is 5.11 Å². The fourth-order valence-electron chi connectivity index (χ4n) is 1.45. The molecule has 18 heavy (non-hydrogen) atoms. The van der Waals surface area contributed by atoms with E-state index >= 15 is 0 Å². The van der Waals surface area contributed by atoms with Crippen LogP contribution in [0.4, 0.5) is 17.6 Å². The highest BCUT2D eigenvalue weighted by molar-refractivity contribution is 7.73. The van der Waals surface area contributed by atoms with E-state index < -0.39 is 28.3 Å². The fourth-order valence-corrected chi connectivity index (χ4v) is 1.83. The smallest absolute Gasteiger partial charge is 0.396 e. The molecule has 0 atom stereocenters. The molecule has 0 aromatic heterocycles. The Balaban J connectivity index is 3.91. The molecule has 0 spiro atoms. The van der Waals surface area contributed by atoms with Crippen LogP contribution in [-0.4, -0.2) is 31.3 Å². The Morgan fingerprint density at radius 2 is 1.28 bits per heavy atom. The van der Waals surface area contributed by atoms with Crippen LogP contribution in [0.2, 0.25) is 0 Å². The highest BCUT2D eigenvalue weighted by atomic mass is 32.2. The number of aliphatic hydroxyl groups is 1. The van der Waals surface area contributed by atoms with Crippen LogP contribution in [0.25, 0.3) is 0 Å². The summed E-state index contributed by atoms with van der Waals surface area (Å²) in [5, 5.41) is 3.50. The first-order valence-corrected chi connectivity index (χ1v) is 6.94. The van der Waals surface area contributed by atoms with Crippen LogP contribution in [0.15, 0.2) is 0 Å². The minimum Gasteiger partial charge on any atom is -0.396 e. The minimum atomic E-state index is -4.97. The van der Waals surface area contributed by atoms with E-state index in [0.717, 1.165) is 12.8 Å². The highest BCUT2D eigenvalue weighted by Gasteiger charge is 2.58. The van der Waals surface area contributed by atoms with Gasteiger partial charge in [0.2, 0.25) is 10.7 Å². The van der Waals surface area contributed by atoms with Crippen molar-refractivity contribution in [2.45, 2.75) is 56.1 Å². The summed E-state index contributed by atoms with van der Waals surface area (Å²) in [5.41, 5.74) is 0. The molecule has 0 unspecified atom stereocenters. The summed E-state index contributed by atoms with van der Waals surface area (Å²) >= 11 is 0. The van der Waals surface area contributed by atoms with E-state index in [-0.39, 0.29) is 13.0 Å². The van der Waals surface area contributed by atoms with Gasteiger partial charge in [-0.05, 0) is 12.8 Å². The zero-order valence-electron chi connectivity index (χ0n) is 9.88. The number of halogens is 4. The van der Waals surface area contributed by atoms with E-state index in [4.69, 9.17) is 5.11 Å². The molecule has 110 valence electrons. The van der Waals surface area contributed by atoms with E-state index in [0.29, 0.717) is 19.3 Å². The highest BCUT2D eigenvalue weighted by Crippen LogP contribution is 2.38. The lowest BCUT2D eigenvalue weighted by atomic mass is 10.1. The summed E-state index contributed by atoms with van der Waals surface area (Å²) in [6.45, 7) is 0.0703. The number of aliphatic hydroxyl groups excluding tert-OH is 1. The lowest BCUT2D eigenvalue weighted by Gasteiger charge is -2.21. The van der Waals surface area contributed by atoms with Gasteiger partial charge in [-0.15, -0.1) is 0 Å². The third-order valence-corrected chi connectivity index (χ3v) is 3.35. The molecule has 0 aliphatic carbocycles. The third-order valence-electron chi connectivity index (χ3n) is 2.57. The third kappa shape index (κ3) is 5.51. The second kappa shape index (κ2) is 7.93. The monoisotopic (exact) mass is 294 g/mol. The summed E-state index contributed by atoms with van der Waals surface area (Å²) in [7, 11) is -4.48. The van der Waals surface area contributed by atoms with E-state index in [2.05, 4.69) is 0 Å². The first kappa shape index (κ1) is 17.6. The molecule has 8 heteroatoms. The molecule has 0 rings (SSSR count). The van der Waals surface area contributed by atoms with Gasteiger partial charge in [0.15, 0.2) is 0 Å². The predicted molar refractivity (Wildman–Crippen MR) is 59.6 cm³/mol. The van der Waals surface area contributed by atoms with Crippen LogP contribution in [0.3, 0.4) is 0 Å². The van der Waals surface area contributed by atoms with Crippen molar-refractivity contribution in [1.29, 1.82) is 0 Å². The maximum atomic E-state index is 12.9. The summed E-state index contributed by atoms with van der Waals surface area (Å²) in [6.07, 6.45) is 1.78. The number of rotatable bonds is 10. The minimum absolute atomic E-state index is 0.0703. The van der Waals surface area contributed by atoms with Crippen molar-refractivity contribution in [3.05, 3.63) is 0 Å². The van der Waals surface area contributed by atoms with Crippen molar-refractivity contribution in [1.82, 2.24) is 0 Å². The van der Waals surface area contributed by atoms with Crippen molar-refractivity contribution in [3.63, 3.8) is 0 Å². The zero-order valence-corrected chi connectivity index (χ0v) is 10.8. The van der Waals surface area contributed by atoms with Crippen molar-refractivity contribution >= 4 is 10.7 Å². The number of alkyl halides is 4. The van der Waals surface area contributed by atoms with Crippen LogP contribution in [-0.2, 0) is 10.7 Å². The van der Waals surface area contributed by atoms with E-state index in [1.165, 1.54) is 0 Å². The quantitative estimate of drug-likeness (QED) is 0.370. The summed E-state index contributed by atoms with van der Waals surface area (Å²) < 4.78 is 71.2. The molecule has 0 saturated heterocycles. The Hall–Kier alpha value is -0.370. The molecule has 0 radical (unpaired) electrons. The van der Waals surface area contributed by atoms with Crippen LogP contribution in [0.1, 0.15) is 44.9 Å². The summed E-state index contributed by atoms with van der Waals surface area (Å²) in [4.78, 5) is 0. The van der Waals surface area contributed by atoms with Gasteiger partial charge in [0, 0.05) is 13.0 Å². The lowest BCUT2D eigenvalue weighted by Crippen LogP contribution is -2.41. The number of hydrogen-bond donors (Lipinski definition) is 2. The molecule has 0 aromatic carbocycles. The topological polar surface area (TPSA) is 54.4 Å². The Kier molecular flexibility index (Phi) is 7.77. The number of thiol groups is 1. The maximum Gasteiger partial charge on any atom is 0.404 e. The van der Waals surface area contributed by atoms with E-state index in [1.807, 2.05) is 0 Å². The average molecular weight is 294 g/mol. The van der Waals surface area contributed by atoms with Crippen LogP contribution in [0, 0.1) is 0 Å². The average Bonchev–Trinajstić information content (AvgIpc) is 2.27. The lowest BCUT2D eigenvalue weighted by molar-refractivity contribution is -0.159. The van der Waals surface area contributed by atoms with Crippen LogP contribution in [0.5, 0.6) is 0 Å². The Labute approximate surface area is 105 Å². The van der Waals surface area contributed by atoms with Crippen molar-refractivity contribution in [2.75, 3.05) is 6.61 Å². The predicted octanol–water partition coefficient (Wildman–Crippen LogP) is 2.55. The van der Waals surface area contributed by atoms with Gasteiger partial charge in [0.05, 0.1) is 0 Å². The Morgan fingerprint density at radius 1 is 0.833 bits per heavy atom. The molecule has 0 fully saturated rings. The summed E-state index contributed by atoms with van der Waals surface area (Å²) in [6, 6.07) is 0. The molecule has 0 aromatic rings. The Morgan fingerprint density at radius 3 is 1.72 bits per heavy atom. The molecular formula is C10H18F4O3S. The van der Waals surface area contributed by atoms with Gasteiger partial charge in [-0.3, -0.25) is 0 Å². The van der Waals surface area contributed by atoms with Gasteiger partial charge >= 0.3 is 11.2 Å². The van der Waals surface area contributed by atoms with Crippen LogP contribution >= 0.6 is 0 Å². The SMILES string of the molecule is O=[SH](=O)C(F)(F)C(F)(F)CCCCCCCCO. The standard InChI is InChI=1S/C10H18F4O3S/c11-9(12,10(13,14)18(16)17)7-5-3-1-2-4-6-8-15/h15,18H,1-8H2. The maximum absolute atomic E-state index is 12.9. The largest absolute Gasteiger partial charge is 0.404 e. The number of unbranched alkanes of at least 4 members (excludes halogenated alkanes) is 5. The van der Waals surface area contributed by atoms with E-state index in [1.54, 1.807) is 0 Å². The van der Waals surface area contributed by atoms with Gasteiger partial charge in [0.25, 0.3) is 0 Å². The second-order valence-corrected chi connectivity index (χ2v) is 5.17. The van der Waals surface area contributed by atoms with Gasteiger partial charge in [-0.1, -0.05) is 25.7 Å². The molecule has 0 aliphatic rings. The van der Waals surface area contributed by atoms with Gasteiger partial charge in [-0.25, -0.2) is 8.42 Å². The normalized spacial score (nSPS) is 13.2. The van der Waals surface area contributed by atoms with Crippen LogP contribution < -0.4 is 0 Å². The molecule has 1 N–H and O–H groups in total. The first-order valence-electron chi connectivity index (χ1n) is 5.76. The molecule has 3 nitrogen and oxygen atoms in total. The molecule has 0 saturated carbocycles. The fraction of sp³-hybridized carbons (Fsp3) is 1.00. The zero-order chi connectivity index (χ0) is 14.2. The molecule has 0 bridgehead atoms. The first-order chi connectivity index (χ1) is 8.25. The van der Waals surface area contributed by atoms with Crippen molar-refractivity contribution < 1.29 is 31.1 Å². The van der Waals surface area contributed by atoms with Crippen molar-refractivity contribution in [2.24, 2.45) is 0 Å². The molecular weight excluding hydrogens is 276 g/mol. The van der Waals surface area contributed by atoms with Crippen molar-refractivity contribution in [3.8, 4) is 0 Å². The molecule has 0 heterocycles.